The summed E-state index contributed by atoms with van der Waals surface area (Å²) >= 11 is 0. The lowest BCUT2D eigenvalue weighted by molar-refractivity contribution is 0.0808. The van der Waals surface area contributed by atoms with E-state index in [1.165, 1.54) is 22.8 Å². The van der Waals surface area contributed by atoms with Gasteiger partial charge in [0.2, 0.25) is 0 Å². The number of pyridine rings is 1. The van der Waals surface area contributed by atoms with E-state index >= 15 is 0 Å². The number of rotatable bonds is 4. The molecule has 0 unspecified atom stereocenters. The van der Waals surface area contributed by atoms with E-state index in [2.05, 4.69) is 0 Å². The minimum Gasteiger partial charge on any atom is -0.394 e. The van der Waals surface area contributed by atoms with Gasteiger partial charge in [-0.15, -0.1) is 0 Å². The summed E-state index contributed by atoms with van der Waals surface area (Å²) in [7, 11) is -3.56. The number of fused-ring (bicyclic) bond motifs is 5. The van der Waals surface area contributed by atoms with Crippen LogP contribution < -0.4 is 5.56 Å². The van der Waals surface area contributed by atoms with Gasteiger partial charge in [-0.25, -0.2) is 8.42 Å². The number of hydrogen-bond donors (Lipinski definition) is 2. The smallest absolute Gasteiger partial charge is 0.259 e. The molecule has 1 aliphatic carbocycles. The average molecular weight is 399 g/mol. The first-order chi connectivity index (χ1) is 13.2. The zero-order chi connectivity index (χ0) is 20.2. The number of carbonyl (C=O) groups excluding carboxylic acids is 1. The van der Waals surface area contributed by atoms with Gasteiger partial charge in [0.05, 0.1) is 35.4 Å². The lowest BCUT2D eigenvalue weighted by Gasteiger charge is -2.17. The Kier molecular flexibility index (Phi) is 4.22. The van der Waals surface area contributed by atoms with Crippen LogP contribution >= 0.6 is 0 Å². The Morgan fingerprint density at radius 1 is 1.04 bits per heavy atom. The quantitative estimate of drug-likeness (QED) is 0.529. The molecule has 2 N–H and O–H groups in total. The molecule has 0 fully saturated rings. The molecular formula is C20H17NO6S. The fourth-order valence-corrected chi connectivity index (χ4v) is 4.28. The summed E-state index contributed by atoms with van der Waals surface area (Å²) in [6, 6.07) is 10.9. The van der Waals surface area contributed by atoms with Crippen molar-refractivity contribution in [3.8, 4) is 11.3 Å². The average Bonchev–Trinajstić information content (AvgIpc) is 2.97. The summed E-state index contributed by atoms with van der Waals surface area (Å²) in [5, 5.41) is 19.6. The molecule has 2 aromatic carbocycles. The summed E-state index contributed by atoms with van der Waals surface area (Å²) in [6.45, 7) is -0.781. The molecule has 7 nitrogen and oxygen atoms in total. The van der Waals surface area contributed by atoms with Gasteiger partial charge >= 0.3 is 0 Å². The molecule has 1 aromatic heterocycles. The van der Waals surface area contributed by atoms with Gasteiger partial charge in [-0.2, -0.15) is 0 Å². The van der Waals surface area contributed by atoms with Crippen LogP contribution in [0.15, 0.2) is 52.2 Å². The first kappa shape index (κ1) is 18.5. The minimum atomic E-state index is -3.56. The molecule has 0 bridgehead atoms. The van der Waals surface area contributed by atoms with E-state index in [1.54, 1.807) is 24.3 Å². The minimum absolute atomic E-state index is 0.0331. The number of aliphatic hydroxyl groups excluding tert-OH is 2. The lowest BCUT2D eigenvalue weighted by Crippen LogP contribution is -2.30. The largest absolute Gasteiger partial charge is 0.394 e. The first-order valence-electron chi connectivity index (χ1n) is 8.57. The summed E-state index contributed by atoms with van der Waals surface area (Å²) in [6.07, 6.45) is -0.170. The number of sulfone groups is 1. The number of ketones is 1. The van der Waals surface area contributed by atoms with Crippen molar-refractivity contribution in [1.29, 1.82) is 0 Å². The Balaban J connectivity index is 2.16. The molecule has 0 saturated carbocycles. The second-order valence-corrected chi connectivity index (χ2v) is 8.85. The summed E-state index contributed by atoms with van der Waals surface area (Å²) < 4.78 is 25.1. The van der Waals surface area contributed by atoms with Gasteiger partial charge in [-0.05, 0) is 12.1 Å². The van der Waals surface area contributed by atoms with Gasteiger partial charge in [-0.3, -0.25) is 9.59 Å². The van der Waals surface area contributed by atoms with Crippen LogP contribution in [0.2, 0.25) is 0 Å². The van der Waals surface area contributed by atoms with Crippen molar-refractivity contribution in [2.45, 2.75) is 17.5 Å². The molecule has 0 aliphatic heterocycles. The number of hydrogen-bond acceptors (Lipinski definition) is 6. The van der Waals surface area contributed by atoms with E-state index in [0.29, 0.717) is 27.8 Å². The summed E-state index contributed by atoms with van der Waals surface area (Å²) in [5.41, 5.74) is 1.14. The second-order valence-electron chi connectivity index (χ2n) is 6.83. The van der Waals surface area contributed by atoms with Gasteiger partial charge in [-0.1, -0.05) is 30.3 Å². The number of aliphatic hydroxyl groups is 2. The van der Waals surface area contributed by atoms with Crippen LogP contribution in [0.25, 0.3) is 22.0 Å². The maximum Gasteiger partial charge on any atom is 0.259 e. The van der Waals surface area contributed by atoms with Gasteiger partial charge in [0.15, 0.2) is 15.6 Å². The van der Waals surface area contributed by atoms with Gasteiger partial charge in [0, 0.05) is 28.2 Å². The topological polar surface area (TPSA) is 114 Å². The standard InChI is InChI=1S/C20H17NO6S/c1-28(26,27)12-6-7-13-16(8-12)20(25)21(9-11(23)10-22)18-14-4-2-3-5-15(14)19(24)17(13)18/h2-8,11,22-23H,9-10H2,1H3/t11-/m0/s1. The van der Waals surface area contributed by atoms with Gasteiger partial charge < -0.3 is 14.8 Å². The van der Waals surface area contributed by atoms with E-state index in [4.69, 9.17) is 0 Å². The van der Waals surface area contributed by atoms with Crippen molar-refractivity contribution >= 4 is 26.4 Å². The normalized spacial score (nSPS) is 14.2. The molecule has 8 heteroatoms. The molecule has 28 heavy (non-hydrogen) atoms. The Morgan fingerprint density at radius 2 is 1.71 bits per heavy atom. The fraction of sp³-hybridized carbons (Fsp3) is 0.200. The van der Waals surface area contributed by atoms with Crippen molar-refractivity contribution in [3.63, 3.8) is 0 Å². The molecule has 0 spiro atoms. The highest BCUT2D eigenvalue weighted by Gasteiger charge is 2.33. The summed E-state index contributed by atoms with van der Waals surface area (Å²) in [4.78, 5) is 26.2. The number of aromatic nitrogens is 1. The molecule has 1 aliphatic rings. The fourth-order valence-electron chi connectivity index (χ4n) is 3.63. The first-order valence-corrected chi connectivity index (χ1v) is 10.5. The molecule has 144 valence electrons. The van der Waals surface area contributed by atoms with Crippen LogP contribution in [0.4, 0.5) is 0 Å². The highest BCUT2D eigenvalue weighted by atomic mass is 32.2. The van der Waals surface area contributed by atoms with Crippen molar-refractivity contribution < 1.29 is 23.4 Å². The molecule has 1 heterocycles. The van der Waals surface area contributed by atoms with Crippen LogP contribution in [-0.2, 0) is 16.4 Å². The van der Waals surface area contributed by atoms with Crippen molar-refractivity contribution in [2.75, 3.05) is 12.9 Å². The molecular weight excluding hydrogens is 382 g/mol. The maximum absolute atomic E-state index is 13.2. The zero-order valence-corrected chi connectivity index (χ0v) is 15.7. The highest BCUT2D eigenvalue weighted by molar-refractivity contribution is 7.90. The third-order valence-electron chi connectivity index (χ3n) is 4.93. The third-order valence-corrected chi connectivity index (χ3v) is 6.04. The lowest BCUT2D eigenvalue weighted by atomic mass is 10.0. The Morgan fingerprint density at radius 3 is 2.36 bits per heavy atom. The molecule has 0 amide bonds. The van der Waals surface area contributed by atoms with Crippen LogP contribution in [-0.4, -0.2) is 47.9 Å². The predicted octanol–water partition coefficient (Wildman–Crippen LogP) is 0.970. The van der Waals surface area contributed by atoms with E-state index in [1.807, 2.05) is 0 Å². The van der Waals surface area contributed by atoms with E-state index < -0.39 is 28.1 Å². The van der Waals surface area contributed by atoms with Crippen LogP contribution in [0.3, 0.4) is 0 Å². The number of carbonyl (C=O) groups is 1. The van der Waals surface area contributed by atoms with Crippen LogP contribution in [0, 0.1) is 0 Å². The maximum atomic E-state index is 13.2. The van der Waals surface area contributed by atoms with Crippen LogP contribution in [0.1, 0.15) is 15.9 Å². The van der Waals surface area contributed by atoms with Crippen molar-refractivity contribution in [3.05, 3.63) is 63.9 Å². The summed E-state index contributed by atoms with van der Waals surface area (Å²) in [5.74, 6) is -0.269. The number of nitrogens with zero attached hydrogens (tertiary/aromatic N) is 1. The zero-order valence-electron chi connectivity index (χ0n) is 14.9. The predicted molar refractivity (Wildman–Crippen MR) is 103 cm³/mol. The van der Waals surface area contributed by atoms with E-state index in [-0.39, 0.29) is 22.6 Å². The Labute approximate surface area is 160 Å². The van der Waals surface area contributed by atoms with Gasteiger partial charge in [0.1, 0.15) is 0 Å². The van der Waals surface area contributed by atoms with E-state index in [0.717, 1.165) is 6.26 Å². The molecule has 3 aromatic rings. The molecule has 4 rings (SSSR count). The van der Waals surface area contributed by atoms with Gasteiger partial charge in [0.25, 0.3) is 5.56 Å². The number of benzene rings is 2. The third kappa shape index (κ3) is 2.69. The Hall–Kier alpha value is -2.81. The molecule has 0 saturated heterocycles. The van der Waals surface area contributed by atoms with Crippen molar-refractivity contribution in [2.24, 2.45) is 0 Å². The molecule has 0 radical (unpaired) electrons. The van der Waals surface area contributed by atoms with E-state index in [9.17, 15) is 28.2 Å². The highest BCUT2D eigenvalue weighted by Crippen LogP contribution is 2.39. The van der Waals surface area contributed by atoms with Crippen molar-refractivity contribution in [1.82, 2.24) is 4.57 Å². The SMILES string of the molecule is CS(=O)(=O)c1ccc2c3c(n(C[C@H](O)CO)c(=O)c2c1)-c1ccccc1C3=O. The van der Waals surface area contributed by atoms with Crippen LogP contribution in [0.5, 0.6) is 0 Å². The monoisotopic (exact) mass is 399 g/mol. The Bertz CT molecular complexity index is 1310. The molecule has 1 atom stereocenters. The second kappa shape index (κ2) is 6.37.